The lowest BCUT2D eigenvalue weighted by Crippen LogP contribution is -2.39. The normalized spacial score (nSPS) is 16.9. The number of nitriles is 1. The van der Waals surface area contributed by atoms with Crippen molar-refractivity contribution in [3.8, 4) is 17.6 Å². The number of methoxy groups -OCH3 is 2. The Bertz CT molecular complexity index is 1420. The number of ether oxygens (including phenoxy) is 2. The van der Waals surface area contributed by atoms with Gasteiger partial charge in [0.1, 0.15) is 21.8 Å². The smallest absolute Gasteiger partial charge is 0.270 e. The molecule has 0 unspecified atom stereocenters. The SMILES string of the molecule is CCCn1c(NCCc2ccc(OC)c(OC)c2)c(/C=C2/SC(=S)N(C3CCCCC3)C2=O)c(C)c(C#N)c1=O. The summed E-state index contributed by atoms with van der Waals surface area (Å²) < 4.78 is 13.0. The zero-order valence-electron chi connectivity index (χ0n) is 23.5. The Morgan fingerprint density at radius 2 is 1.90 bits per heavy atom. The Morgan fingerprint density at radius 1 is 1.18 bits per heavy atom. The molecule has 0 radical (unpaired) electrons. The van der Waals surface area contributed by atoms with Gasteiger partial charge in [0.05, 0.1) is 19.1 Å². The maximum absolute atomic E-state index is 13.6. The molecule has 2 aliphatic rings. The molecule has 10 heteroatoms. The van der Waals surface area contributed by atoms with Gasteiger partial charge in [-0.1, -0.05) is 56.2 Å². The Labute approximate surface area is 245 Å². The molecule has 2 heterocycles. The summed E-state index contributed by atoms with van der Waals surface area (Å²) in [5, 5.41) is 13.3. The molecule has 212 valence electrons. The molecule has 1 amide bonds. The van der Waals surface area contributed by atoms with Crippen LogP contribution in [0.4, 0.5) is 5.82 Å². The van der Waals surface area contributed by atoms with Gasteiger partial charge in [0.2, 0.25) is 0 Å². The van der Waals surface area contributed by atoms with E-state index in [1.54, 1.807) is 30.6 Å². The number of thioether (sulfide) groups is 1. The van der Waals surface area contributed by atoms with Crippen molar-refractivity contribution >= 4 is 46.1 Å². The molecule has 40 heavy (non-hydrogen) atoms. The fourth-order valence-electron chi connectivity index (χ4n) is 5.42. The van der Waals surface area contributed by atoms with Gasteiger partial charge in [-0.15, -0.1) is 0 Å². The number of carbonyl (C=O) groups excluding carboxylic acids is 1. The summed E-state index contributed by atoms with van der Waals surface area (Å²) >= 11 is 6.94. The third kappa shape index (κ3) is 6.06. The summed E-state index contributed by atoms with van der Waals surface area (Å²) in [5.74, 6) is 1.82. The van der Waals surface area contributed by atoms with Gasteiger partial charge in [-0.3, -0.25) is 19.1 Å². The van der Waals surface area contributed by atoms with E-state index in [0.29, 0.717) is 63.6 Å². The highest BCUT2D eigenvalue weighted by molar-refractivity contribution is 8.26. The number of rotatable bonds is 10. The summed E-state index contributed by atoms with van der Waals surface area (Å²) in [6.45, 7) is 4.72. The number of thiocarbonyl (C=S) groups is 1. The van der Waals surface area contributed by atoms with Gasteiger partial charge in [-0.25, -0.2) is 0 Å². The molecule has 4 rings (SSSR count). The van der Waals surface area contributed by atoms with E-state index in [9.17, 15) is 14.9 Å². The van der Waals surface area contributed by atoms with Crippen LogP contribution < -0.4 is 20.3 Å². The molecule has 0 bridgehead atoms. The number of benzene rings is 1. The van der Waals surface area contributed by atoms with Gasteiger partial charge in [-0.05, 0) is 61.9 Å². The molecule has 1 aromatic carbocycles. The number of aromatic nitrogens is 1. The van der Waals surface area contributed by atoms with Crippen molar-refractivity contribution < 1.29 is 14.3 Å². The average Bonchev–Trinajstić information content (AvgIpc) is 3.25. The monoisotopic (exact) mass is 580 g/mol. The zero-order chi connectivity index (χ0) is 28.8. The van der Waals surface area contributed by atoms with Crippen LogP contribution in [-0.2, 0) is 17.8 Å². The summed E-state index contributed by atoms with van der Waals surface area (Å²) in [6, 6.07) is 8.01. The highest BCUT2D eigenvalue weighted by Gasteiger charge is 2.38. The van der Waals surface area contributed by atoms with Crippen LogP contribution in [0.25, 0.3) is 6.08 Å². The van der Waals surface area contributed by atoms with Crippen LogP contribution in [0.2, 0.25) is 0 Å². The lowest BCUT2D eigenvalue weighted by Gasteiger charge is -2.29. The molecule has 8 nitrogen and oxygen atoms in total. The molecule has 2 aromatic rings. The number of carbonyl (C=O) groups is 1. The predicted octanol–water partition coefficient (Wildman–Crippen LogP) is 5.64. The van der Waals surface area contributed by atoms with Crippen LogP contribution in [0.1, 0.15) is 67.7 Å². The first-order chi connectivity index (χ1) is 19.3. The molecule has 1 aliphatic heterocycles. The number of pyridine rings is 1. The highest BCUT2D eigenvalue weighted by Crippen LogP contribution is 2.38. The molecule has 0 atom stereocenters. The first-order valence-electron chi connectivity index (χ1n) is 13.7. The van der Waals surface area contributed by atoms with Crippen LogP contribution >= 0.6 is 24.0 Å². The fourth-order valence-corrected chi connectivity index (χ4v) is 6.80. The van der Waals surface area contributed by atoms with Crippen molar-refractivity contribution in [3.05, 3.63) is 55.7 Å². The summed E-state index contributed by atoms with van der Waals surface area (Å²) in [5.41, 5.74) is 2.02. The summed E-state index contributed by atoms with van der Waals surface area (Å²) in [6.07, 6.45) is 8.48. The van der Waals surface area contributed by atoms with E-state index in [0.717, 1.165) is 31.2 Å². The number of amides is 1. The first kappa shape index (κ1) is 29.7. The Balaban J connectivity index is 1.70. The fraction of sp³-hybridized carbons (Fsp3) is 0.467. The van der Waals surface area contributed by atoms with Crippen LogP contribution in [0.15, 0.2) is 27.9 Å². The molecule has 1 N–H and O–H groups in total. The summed E-state index contributed by atoms with van der Waals surface area (Å²) in [7, 11) is 3.20. The molecular weight excluding hydrogens is 544 g/mol. The van der Waals surface area contributed by atoms with E-state index in [1.807, 2.05) is 31.2 Å². The molecule has 0 spiro atoms. The number of nitrogens with one attached hydrogen (secondary N) is 1. The van der Waals surface area contributed by atoms with Gasteiger partial charge >= 0.3 is 0 Å². The standard InChI is InChI=1S/C30H36N4O4S2/c1-5-15-33-27(32-14-13-20-11-12-24(37-3)25(16-20)38-4)22(19(2)23(18-31)28(33)35)17-26-29(36)34(30(39)40-26)21-9-7-6-8-10-21/h11-12,16-17,21,32H,5-10,13-15H2,1-4H3/b26-17+. The average molecular weight is 581 g/mol. The number of hydrogen-bond donors (Lipinski definition) is 1. The van der Waals surface area contributed by atoms with Crippen molar-refractivity contribution in [2.75, 3.05) is 26.1 Å². The largest absolute Gasteiger partial charge is 0.493 e. The van der Waals surface area contributed by atoms with Gasteiger partial charge < -0.3 is 14.8 Å². The third-order valence-electron chi connectivity index (χ3n) is 7.51. The minimum atomic E-state index is -0.331. The van der Waals surface area contributed by atoms with E-state index < -0.39 is 0 Å². The van der Waals surface area contributed by atoms with Crippen molar-refractivity contribution in [1.29, 1.82) is 5.26 Å². The maximum atomic E-state index is 13.6. The molecule has 1 aromatic heterocycles. The molecular formula is C30H36N4O4S2. The second-order valence-corrected chi connectivity index (χ2v) is 11.7. The van der Waals surface area contributed by atoms with E-state index in [-0.39, 0.29) is 23.1 Å². The quantitative estimate of drug-likeness (QED) is 0.285. The van der Waals surface area contributed by atoms with Crippen molar-refractivity contribution in [2.24, 2.45) is 0 Å². The van der Waals surface area contributed by atoms with Crippen LogP contribution in [0.3, 0.4) is 0 Å². The van der Waals surface area contributed by atoms with E-state index in [4.69, 9.17) is 21.7 Å². The molecule has 1 saturated heterocycles. The maximum Gasteiger partial charge on any atom is 0.270 e. The zero-order valence-corrected chi connectivity index (χ0v) is 25.2. The minimum Gasteiger partial charge on any atom is -0.493 e. The van der Waals surface area contributed by atoms with Crippen LogP contribution in [-0.4, -0.2) is 46.5 Å². The third-order valence-corrected chi connectivity index (χ3v) is 8.85. The topological polar surface area (TPSA) is 96.6 Å². The van der Waals surface area contributed by atoms with E-state index in [1.165, 1.54) is 18.2 Å². The number of nitrogens with zero attached hydrogens (tertiary/aromatic N) is 3. The van der Waals surface area contributed by atoms with Crippen molar-refractivity contribution in [1.82, 2.24) is 9.47 Å². The minimum absolute atomic E-state index is 0.0906. The Kier molecular flexibility index (Phi) is 9.93. The predicted molar refractivity (Wildman–Crippen MR) is 164 cm³/mol. The second kappa shape index (κ2) is 13.4. The van der Waals surface area contributed by atoms with Gasteiger partial charge in [0, 0.05) is 24.7 Å². The Hall–Kier alpha value is -3.29. The molecule has 1 aliphatic carbocycles. The van der Waals surface area contributed by atoms with E-state index >= 15 is 0 Å². The second-order valence-electron chi connectivity index (χ2n) is 10.0. The van der Waals surface area contributed by atoms with Gasteiger partial charge in [-0.2, -0.15) is 5.26 Å². The van der Waals surface area contributed by atoms with Crippen molar-refractivity contribution in [2.45, 2.75) is 71.4 Å². The van der Waals surface area contributed by atoms with Crippen LogP contribution in [0, 0.1) is 18.3 Å². The molecule has 1 saturated carbocycles. The lowest BCUT2D eigenvalue weighted by atomic mass is 9.94. The Morgan fingerprint density at radius 3 is 2.55 bits per heavy atom. The van der Waals surface area contributed by atoms with E-state index in [2.05, 4.69) is 11.4 Å². The first-order valence-corrected chi connectivity index (χ1v) is 15.0. The summed E-state index contributed by atoms with van der Waals surface area (Å²) in [4.78, 5) is 29.2. The number of anilines is 1. The van der Waals surface area contributed by atoms with Crippen molar-refractivity contribution in [3.63, 3.8) is 0 Å². The highest BCUT2D eigenvalue weighted by atomic mass is 32.2. The number of hydrogen-bond acceptors (Lipinski definition) is 8. The van der Waals surface area contributed by atoms with Gasteiger partial charge in [0.25, 0.3) is 11.5 Å². The molecule has 2 fully saturated rings. The van der Waals surface area contributed by atoms with Gasteiger partial charge in [0.15, 0.2) is 11.5 Å². The van der Waals surface area contributed by atoms with Crippen LogP contribution in [0.5, 0.6) is 11.5 Å². The lowest BCUT2D eigenvalue weighted by molar-refractivity contribution is -0.124.